The van der Waals surface area contributed by atoms with Gasteiger partial charge in [0.25, 0.3) is 5.56 Å². The van der Waals surface area contributed by atoms with E-state index >= 15 is 0 Å². The summed E-state index contributed by atoms with van der Waals surface area (Å²) >= 11 is 0. The summed E-state index contributed by atoms with van der Waals surface area (Å²) in [6.07, 6.45) is 4.44. The minimum absolute atomic E-state index is 0.0397. The van der Waals surface area contributed by atoms with E-state index in [0.29, 0.717) is 12.8 Å². The third kappa shape index (κ3) is 5.94. The van der Waals surface area contributed by atoms with Crippen LogP contribution in [-0.4, -0.2) is 28.5 Å². The second-order valence-electron chi connectivity index (χ2n) is 7.88. The summed E-state index contributed by atoms with van der Waals surface area (Å²) in [5.41, 5.74) is 3.28. The highest BCUT2D eigenvalue weighted by molar-refractivity contribution is 5.82. The molecule has 2 atom stereocenters. The van der Waals surface area contributed by atoms with E-state index in [-0.39, 0.29) is 17.9 Å². The molecule has 33 heavy (non-hydrogen) atoms. The number of hydrogen-bond acceptors (Lipinski definition) is 5. The van der Waals surface area contributed by atoms with Gasteiger partial charge < -0.3 is 14.6 Å². The fourth-order valence-corrected chi connectivity index (χ4v) is 3.81. The van der Waals surface area contributed by atoms with Gasteiger partial charge in [-0.2, -0.15) is 0 Å². The molecule has 0 radical (unpaired) electrons. The van der Waals surface area contributed by atoms with Crippen molar-refractivity contribution in [3.8, 4) is 11.3 Å². The van der Waals surface area contributed by atoms with Gasteiger partial charge in [-0.25, -0.2) is 0 Å². The summed E-state index contributed by atoms with van der Waals surface area (Å²) in [5, 5.41) is 2.98. The number of carbonyl (C=O) groups is 2. The van der Waals surface area contributed by atoms with E-state index in [1.54, 1.807) is 30.6 Å². The van der Waals surface area contributed by atoms with Crippen LogP contribution in [-0.2, 0) is 14.3 Å². The number of rotatable bonds is 9. The predicted octanol–water partition coefficient (Wildman–Crippen LogP) is 3.98. The van der Waals surface area contributed by atoms with Crippen molar-refractivity contribution >= 4 is 11.9 Å². The van der Waals surface area contributed by atoms with Crippen LogP contribution < -0.4 is 10.9 Å². The van der Waals surface area contributed by atoms with Crippen LogP contribution >= 0.6 is 0 Å². The molecule has 0 spiro atoms. The maximum absolute atomic E-state index is 13.3. The molecule has 0 saturated heterocycles. The lowest BCUT2D eigenvalue weighted by molar-refractivity contribution is -0.141. The lowest BCUT2D eigenvalue weighted by Gasteiger charge is -2.24. The van der Waals surface area contributed by atoms with E-state index in [9.17, 15) is 14.4 Å². The molecule has 0 fully saturated rings. The van der Waals surface area contributed by atoms with Crippen molar-refractivity contribution in [3.05, 3.63) is 88.5 Å². The Hall–Kier alpha value is -3.74. The standard InChI is InChI=1S/C26H29N3O4/c1-4-9-23(29-15-8-7-12-24(29)30)26(32)28-21(17-25(31)33-3)19-13-14-27-22(16-19)20-11-6-5-10-18(20)2/h5-8,10-16,21,23H,4,9,17H2,1-3H3,(H,28,32). The van der Waals surface area contributed by atoms with Crippen LogP contribution in [0.3, 0.4) is 0 Å². The molecule has 3 rings (SSSR count). The Balaban J connectivity index is 1.95. The zero-order valence-electron chi connectivity index (χ0n) is 19.2. The molecule has 2 unspecified atom stereocenters. The lowest BCUT2D eigenvalue weighted by atomic mass is 9.99. The van der Waals surface area contributed by atoms with E-state index in [0.717, 1.165) is 22.4 Å². The van der Waals surface area contributed by atoms with Crippen LogP contribution in [0.4, 0.5) is 0 Å². The summed E-state index contributed by atoms with van der Waals surface area (Å²) in [7, 11) is 1.32. The Morgan fingerprint density at radius 2 is 1.88 bits per heavy atom. The minimum atomic E-state index is -0.679. The normalized spacial score (nSPS) is 12.6. The molecule has 2 heterocycles. The summed E-state index contributed by atoms with van der Waals surface area (Å²) in [4.78, 5) is 42.3. The highest BCUT2D eigenvalue weighted by Crippen LogP contribution is 2.26. The van der Waals surface area contributed by atoms with Crippen molar-refractivity contribution in [3.63, 3.8) is 0 Å². The summed E-state index contributed by atoms with van der Waals surface area (Å²) in [6, 6.07) is 15.0. The molecule has 172 valence electrons. The molecule has 7 heteroatoms. The third-order valence-electron chi connectivity index (χ3n) is 5.57. The molecule has 7 nitrogen and oxygen atoms in total. The molecule has 1 aromatic carbocycles. The van der Waals surface area contributed by atoms with Crippen LogP contribution in [0, 0.1) is 6.92 Å². The Morgan fingerprint density at radius 1 is 1.12 bits per heavy atom. The maximum Gasteiger partial charge on any atom is 0.307 e. The molecule has 1 N–H and O–H groups in total. The second-order valence-corrected chi connectivity index (χ2v) is 7.88. The SMILES string of the molecule is CCCC(C(=O)NC(CC(=O)OC)c1ccnc(-c2ccccc2C)c1)n1ccccc1=O. The number of aromatic nitrogens is 2. The minimum Gasteiger partial charge on any atom is -0.469 e. The number of carbonyl (C=O) groups excluding carboxylic acids is 2. The van der Waals surface area contributed by atoms with Gasteiger partial charge in [-0.05, 0) is 42.7 Å². The van der Waals surface area contributed by atoms with Gasteiger partial charge in [0.2, 0.25) is 5.91 Å². The largest absolute Gasteiger partial charge is 0.469 e. The van der Waals surface area contributed by atoms with Crippen molar-refractivity contribution in [2.24, 2.45) is 0 Å². The second kappa shape index (κ2) is 11.2. The van der Waals surface area contributed by atoms with Gasteiger partial charge in [0.05, 0.1) is 25.3 Å². The Morgan fingerprint density at radius 3 is 2.58 bits per heavy atom. The van der Waals surface area contributed by atoms with Crippen molar-refractivity contribution in [2.45, 2.75) is 45.2 Å². The monoisotopic (exact) mass is 447 g/mol. The first-order valence-electron chi connectivity index (χ1n) is 11.0. The Kier molecular flexibility index (Phi) is 8.13. The van der Waals surface area contributed by atoms with Gasteiger partial charge in [-0.15, -0.1) is 0 Å². The number of pyridine rings is 2. The number of methoxy groups -OCH3 is 1. The van der Waals surface area contributed by atoms with Gasteiger partial charge in [0.15, 0.2) is 0 Å². The van der Waals surface area contributed by atoms with E-state index in [4.69, 9.17) is 4.74 Å². The molecule has 3 aromatic rings. The van der Waals surface area contributed by atoms with Crippen LogP contribution in [0.25, 0.3) is 11.3 Å². The summed E-state index contributed by atoms with van der Waals surface area (Å²) in [6.45, 7) is 3.96. The van der Waals surface area contributed by atoms with Gasteiger partial charge in [-0.3, -0.25) is 19.4 Å². The smallest absolute Gasteiger partial charge is 0.307 e. The maximum atomic E-state index is 13.3. The number of aryl methyl sites for hydroxylation is 1. The fraction of sp³-hybridized carbons (Fsp3) is 0.308. The third-order valence-corrected chi connectivity index (χ3v) is 5.57. The first-order valence-corrected chi connectivity index (χ1v) is 11.0. The molecule has 0 aliphatic carbocycles. The molecule has 0 bridgehead atoms. The topological polar surface area (TPSA) is 90.3 Å². The van der Waals surface area contributed by atoms with Crippen LogP contribution in [0.1, 0.15) is 49.4 Å². The van der Waals surface area contributed by atoms with Crippen LogP contribution in [0.15, 0.2) is 71.8 Å². The molecular weight excluding hydrogens is 418 g/mol. The summed E-state index contributed by atoms with van der Waals surface area (Å²) < 4.78 is 6.30. The van der Waals surface area contributed by atoms with Crippen molar-refractivity contribution in [1.29, 1.82) is 0 Å². The lowest BCUT2D eigenvalue weighted by Crippen LogP contribution is -2.39. The number of esters is 1. The highest BCUT2D eigenvalue weighted by Gasteiger charge is 2.26. The molecule has 0 aliphatic heterocycles. The van der Waals surface area contributed by atoms with E-state index < -0.39 is 18.1 Å². The number of ether oxygens (including phenoxy) is 1. The fourth-order valence-electron chi connectivity index (χ4n) is 3.81. The first-order chi connectivity index (χ1) is 15.9. The predicted molar refractivity (Wildman–Crippen MR) is 127 cm³/mol. The highest BCUT2D eigenvalue weighted by atomic mass is 16.5. The van der Waals surface area contributed by atoms with Gasteiger partial charge in [-0.1, -0.05) is 43.7 Å². The molecule has 2 aromatic heterocycles. The zero-order valence-corrected chi connectivity index (χ0v) is 19.2. The van der Waals surface area contributed by atoms with Crippen molar-refractivity contribution in [1.82, 2.24) is 14.9 Å². The van der Waals surface area contributed by atoms with Crippen LogP contribution in [0.2, 0.25) is 0 Å². The number of benzene rings is 1. The first kappa shape index (κ1) is 23.9. The molecular formula is C26H29N3O4. The molecule has 1 amide bonds. The summed E-state index contributed by atoms with van der Waals surface area (Å²) in [5.74, 6) is -0.771. The molecule has 0 aliphatic rings. The number of hydrogen-bond donors (Lipinski definition) is 1. The van der Waals surface area contributed by atoms with Crippen molar-refractivity contribution in [2.75, 3.05) is 7.11 Å². The molecule has 0 saturated carbocycles. The van der Waals surface area contributed by atoms with Crippen molar-refractivity contribution < 1.29 is 14.3 Å². The average Bonchev–Trinajstić information content (AvgIpc) is 2.83. The van der Waals surface area contributed by atoms with E-state index in [1.165, 1.54) is 17.7 Å². The van der Waals surface area contributed by atoms with Gasteiger partial charge in [0, 0.05) is 24.0 Å². The number of amides is 1. The van der Waals surface area contributed by atoms with Crippen LogP contribution in [0.5, 0.6) is 0 Å². The Bertz CT molecular complexity index is 1170. The number of nitrogens with zero attached hydrogens (tertiary/aromatic N) is 2. The Labute approximate surface area is 193 Å². The van der Waals surface area contributed by atoms with E-state index in [1.807, 2.05) is 44.2 Å². The zero-order chi connectivity index (χ0) is 23.8. The van der Waals surface area contributed by atoms with E-state index in [2.05, 4.69) is 10.3 Å². The average molecular weight is 448 g/mol. The van der Waals surface area contributed by atoms with Gasteiger partial charge >= 0.3 is 5.97 Å². The number of nitrogens with one attached hydrogen (secondary N) is 1. The van der Waals surface area contributed by atoms with Gasteiger partial charge in [0.1, 0.15) is 6.04 Å². The quantitative estimate of drug-likeness (QED) is 0.501.